The molecular weight excluding hydrogens is 495 g/mol. The molecule has 0 saturated heterocycles. The Bertz CT molecular complexity index is 836. The molecule has 2 aromatic rings. The predicted molar refractivity (Wildman–Crippen MR) is 130 cm³/mol. The predicted octanol–water partition coefficient (Wildman–Crippen LogP) is 2.49. The summed E-state index contributed by atoms with van der Waals surface area (Å²) in [4.78, 5) is 18.3. The zero-order valence-electron chi connectivity index (χ0n) is 18.6. The lowest BCUT2D eigenvalue weighted by Gasteiger charge is -2.19. The third kappa shape index (κ3) is 6.89. The highest BCUT2D eigenvalue weighted by atomic mass is 127. The van der Waals surface area contributed by atoms with Gasteiger partial charge in [0.15, 0.2) is 5.96 Å². The molecule has 0 aliphatic rings. The van der Waals surface area contributed by atoms with Crippen LogP contribution in [0.5, 0.6) is 5.88 Å². The molecule has 0 spiro atoms. The lowest BCUT2D eigenvalue weighted by molar-refractivity contribution is -0.127. The van der Waals surface area contributed by atoms with E-state index in [0.29, 0.717) is 18.4 Å². The van der Waals surface area contributed by atoms with Gasteiger partial charge < -0.3 is 20.3 Å². The van der Waals surface area contributed by atoms with Crippen LogP contribution in [0.15, 0.2) is 35.3 Å². The van der Waals surface area contributed by atoms with Crippen LogP contribution in [0.25, 0.3) is 0 Å². The van der Waals surface area contributed by atoms with E-state index in [2.05, 4.69) is 41.7 Å². The van der Waals surface area contributed by atoms with Crippen molar-refractivity contribution in [2.24, 2.45) is 12.0 Å². The van der Waals surface area contributed by atoms with E-state index in [9.17, 15) is 4.79 Å². The van der Waals surface area contributed by atoms with Gasteiger partial charge in [0.2, 0.25) is 11.8 Å². The van der Waals surface area contributed by atoms with Gasteiger partial charge in [-0.15, -0.1) is 24.0 Å². The first kappa shape index (κ1) is 25.7. The largest absolute Gasteiger partial charge is 0.481 e. The monoisotopic (exact) mass is 528 g/mol. The Morgan fingerprint density at radius 3 is 2.53 bits per heavy atom. The number of aromatic nitrogens is 2. The summed E-state index contributed by atoms with van der Waals surface area (Å²) in [5, 5.41) is 11.0. The highest BCUT2D eigenvalue weighted by molar-refractivity contribution is 14.0. The van der Waals surface area contributed by atoms with Gasteiger partial charge in [-0.1, -0.05) is 37.3 Å². The van der Waals surface area contributed by atoms with Crippen molar-refractivity contribution in [1.29, 1.82) is 0 Å². The summed E-state index contributed by atoms with van der Waals surface area (Å²) in [7, 11) is 6.95. The lowest BCUT2D eigenvalue weighted by Crippen LogP contribution is -2.43. The Labute approximate surface area is 196 Å². The summed E-state index contributed by atoms with van der Waals surface area (Å²) in [5.41, 5.74) is 3.03. The fraction of sp³-hybridized carbons (Fsp3) is 0.476. The number of hydrogen-bond acceptors (Lipinski definition) is 4. The number of halogens is 1. The molecule has 30 heavy (non-hydrogen) atoms. The highest BCUT2D eigenvalue weighted by Crippen LogP contribution is 2.23. The number of hydrogen-bond donors (Lipinski definition) is 2. The maximum Gasteiger partial charge on any atom is 0.241 e. The minimum atomic E-state index is -0.0277. The SMILES string of the molecule is CCc1nn(C)c(OC)c1CN=C(NCC(=O)N(C)C)NC(C)c1ccccc1.I. The number of aliphatic imine (C=N–C) groups is 1. The molecule has 1 unspecified atom stereocenters. The number of carbonyl (C=O) groups is 1. The van der Waals surface area contributed by atoms with Crippen LogP contribution in [0.4, 0.5) is 0 Å². The van der Waals surface area contributed by atoms with Crippen molar-refractivity contribution in [2.75, 3.05) is 27.7 Å². The van der Waals surface area contributed by atoms with Crippen molar-refractivity contribution in [1.82, 2.24) is 25.3 Å². The summed E-state index contributed by atoms with van der Waals surface area (Å²) in [6.45, 7) is 4.67. The van der Waals surface area contributed by atoms with E-state index in [-0.39, 0.29) is 42.5 Å². The van der Waals surface area contributed by atoms with Crippen molar-refractivity contribution in [3.63, 3.8) is 0 Å². The fourth-order valence-corrected chi connectivity index (χ4v) is 2.96. The summed E-state index contributed by atoms with van der Waals surface area (Å²) in [6, 6.07) is 10.1. The number of rotatable bonds is 8. The Kier molecular flexibility index (Phi) is 10.6. The maximum absolute atomic E-state index is 12.0. The van der Waals surface area contributed by atoms with E-state index < -0.39 is 0 Å². The first-order valence-corrected chi connectivity index (χ1v) is 9.76. The van der Waals surface area contributed by atoms with Crippen LogP contribution in [-0.2, 0) is 24.8 Å². The molecule has 0 fully saturated rings. The standard InChI is InChI=1S/C21H32N6O2.HI/c1-7-18-17(20(29-6)27(5)25-18)13-22-21(23-14-19(28)26(3)4)24-15(2)16-11-9-8-10-12-16;/h8-12,15H,7,13-14H2,1-6H3,(H2,22,23,24);1H. The zero-order valence-corrected chi connectivity index (χ0v) is 20.9. The third-order valence-corrected chi connectivity index (χ3v) is 4.65. The Balaban J connectivity index is 0.00000450. The number of nitrogens with zero attached hydrogens (tertiary/aromatic N) is 4. The second-order valence-electron chi connectivity index (χ2n) is 6.99. The molecule has 8 nitrogen and oxygen atoms in total. The van der Waals surface area contributed by atoms with Crippen molar-refractivity contribution in [2.45, 2.75) is 32.9 Å². The van der Waals surface area contributed by atoms with Gasteiger partial charge in [0.1, 0.15) is 0 Å². The van der Waals surface area contributed by atoms with Crippen LogP contribution in [0, 0.1) is 0 Å². The maximum atomic E-state index is 12.0. The van der Waals surface area contributed by atoms with Crippen molar-refractivity contribution >= 4 is 35.8 Å². The van der Waals surface area contributed by atoms with Crippen LogP contribution in [0.2, 0.25) is 0 Å². The number of benzene rings is 1. The normalized spacial score (nSPS) is 12.0. The molecule has 1 atom stereocenters. The van der Waals surface area contributed by atoms with Gasteiger partial charge in [-0.05, 0) is 18.9 Å². The average Bonchev–Trinajstić information content (AvgIpc) is 3.04. The quantitative estimate of drug-likeness (QED) is 0.313. The van der Waals surface area contributed by atoms with Crippen LogP contribution in [0.1, 0.15) is 36.7 Å². The molecule has 0 radical (unpaired) electrons. The lowest BCUT2D eigenvalue weighted by atomic mass is 10.1. The number of nitrogens with one attached hydrogen (secondary N) is 2. The summed E-state index contributed by atoms with van der Waals surface area (Å²) < 4.78 is 7.23. The summed E-state index contributed by atoms with van der Waals surface area (Å²) in [5.74, 6) is 1.23. The smallest absolute Gasteiger partial charge is 0.241 e. The summed E-state index contributed by atoms with van der Waals surface area (Å²) in [6.07, 6.45) is 0.789. The van der Waals surface area contributed by atoms with E-state index in [0.717, 1.165) is 23.2 Å². The molecule has 2 N–H and O–H groups in total. The third-order valence-electron chi connectivity index (χ3n) is 4.65. The summed E-state index contributed by atoms with van der Waals surface area (Å²) >= 11 is 0. The van der Waals surface area contributed by atoms with Crippen LogP contribution in [0.3, 0.4) is 0 Å². The number of carbonyl (C=O) groups excluding carboxylic acids is 1. The average molecular weight is 528 g/mol. The van der Waals surface area contributed by atoms with Crippen molar-refractivity contribution in [3.05, 3.63) is 47.2 Å². The van der Waals surface area contributed by atoms with Gasteiger partial charge in [0.05, 0.1) is 37.5 Å². The minimum absolute atomic E-state index is 0. The van der Waals surface area contributed by atoms with Gasteiger partial charge in [-0.2, -0.15) is 5.10 Å². The van der Waals surface area contributed by atoms with Gasteiger partial charge in [-0.25, -0.2) is 9.67 Å². The Morgan fingerprint density at radius 1 is 1.30 bits per heavy atom. The zero-order chi connectivity index (χ0) is 21.4. The Hall–Kier alpha value is -2.30. The van der Waals surface area contributed by atoms with E-state index in [1.54, 1.807) is 30.8 Å². The number of ether oxygens (including phenoxy) is 1. The molecule has 0 aliphatic carbocycles. The number of guanidine groups is 1. The topological polar surface area (TPSA) is 83.8 Å². The fourth-order valence-electron chi connectivity index (χ4n) is 2.96. The van der Waals surface area contributed by atoms with E-state index in [4.69, 9.17) is 9.73 Å². The van der Waals surface area contributed by atoms with Gasteiger partial charge in [0, 0.05) is 21.1 Å². The highest BCUT2D eigenvalue weighted by Gasteiger charge is 2.16. The first-order valence-electron chi connectivity index (χ1n) is 9.76. The van der Waals surface area contributed by atoms with E-state index >= 15 is 0 Å². The number of amides is 1. The van der Waals surface area contributed by atoms with Gasteiger partial charge in [0.25, 0.3) is 0 Å². The minimum Gasteiger partial charge on any atom is -0.481 e. The van der Waals surface area contributed by atoms with Crippen LogP contribution >= 0.6 is 24.0 Å². The van der Waals surface area contributed by atoms with Crippen LogP contribution in [-0.4, -0.2) is 54.3 Å². The second kappa shape index (κ2) is 12.4. The van der Waals surface area contributed by atoms with E-state index in [1.165, 1.54) is 0 Å². The molecule has 0 aliphatic heterocycles. The van der Waals surface area contributed by atoms with Gasteiger partial charge in [-0.3, -0.25) is 4.79 Å². The Morgan fingerprint density at radius 2 is 1.97 bits per heavy atom. The number of methoxy groups -OCH3 is 1. The second-order valence-corrected chi connectivity index (χ2v) is 6.99. The molecular formula is C21H33IN6O2. The molecule has 0 saturated carbocycles. The van der Waals surface area contributed by atoms with Crippen LogP contribution < -0.4 is 15.4 Å². The molecule has 1 aromatic carbocycles. The molecule has 166 valence electrons. The van der Waals surface area contributed by atoms with Crippen molar-refractivity contribution < 1.29 is 9.53 Å². The molecule has 0 bridgehead atoms. The van der Waals surface area contributed by atoms with Crippen molar-refractivity contribution in [3.8, 4) is 5.88 Å². The molecule has 1 amide bonds. The molecule has 1 heterocycles. The number of likely N-dealkylation sites (N-methyl/N-ethyl adjacent to an activating group) is 1. The molecule has 1 aromatic heterocycles. The number of aryl methyl sites for hydroxylation is 2. The molecule has 9 heteroatoms. The van der Waals surface area contributed by atoms with E-state index in [1.807, 2.05) is 25.2 Å². The molecule has 2 rings (SSSR count). The first-order chi connectivity index (χ1) is 13.9. The van der Waals surface area contributed by atoms with Gasteiger partial charge >= 0.3 is 0 Å².